The van der Waals surface area contributed by atoms with Gasteiger partial charge in [-0.3, -0.25) is 4.90 Å². The zero-order chi connectivity index (χ0) is 19.3. The molecule has 2 aromatic heterocycles. The molecule has 0 saturated carbocycles. The molecule has 0 bridgehead atoms. The molecule has 27 heavy (non-hydrogen) atoms. The van der Waals surface area contributed by atoms with Crippen molar-refractivity contribution in [2.45, 2.75) is 39.0 Å². The number of ether oxygens (including phenoxy) is 1. The fourth-order valence-electron chi connectivity index (χ4n) is 3.67. The van der Waals surface area contributed by atoms with Gasteiger partial charge in [-0.25, -0.2) is 13.8 Å². The van der Waals surface area contributed by atoms with Gasteiger partial charge in [0.1, 0.15) is 5.82 Å². The van der Waals surface area contributed by atoms with E-state index in [0.717, 1.165) is 6.07 Å². The highest BCUT2D eigenvalue weighted by molar-refractivity contribution is 7.17. The normalized spacial score (nSPS) is 22.4. The number of hydrogen-bond donors (Lipinski definition) is 1. The van der Waals surface area contributed by atoms with E-state index in [1.807, 2.05) is 13.8 Å². The molecule has 1 saturated heterocycles. The van der Waals surface area contributed by atoms with Crippen LogP contribution < -0.4 is 0 Å². The quantitative estimate of drug-likeness (QED) is 0.739. The Hall–Kier alpha value is -2.10. The predicted molar refractivity (Wildman–Crippen MR) is 97.0 cm³/mol. The monoisotopic (exact) mass is 394 g/mol. The van der Waals surface area contributed by atoms with Crippen LogP contribution >= 0.6 is 11.3 Å². The molecule has 1 fully saturated rings. The minimum Gasteiger partial charge on any atom is -0.492 e. The standard InChI is InChI=1S/C18H20F2N4O2S/c1-9-7-23(8-10(2)26-9)15(12-4-5-13(19)14(20)6-12)16-17(25)24-18(27-16)21-11(3)22-24/h4-6,9-10,15,25H,7-8H2,1-3H3/t9-,10-,15+/m1/s1. The van der Waals surface area contributed by atoms with Gasteiger partial charge in [0.2, 0.25) is 10.8 Å². The Morgan fingerprint density at radius 3 is 2.56 bits per heavy atom. The van der Waals surface area contributed by atoms with Gasteiger partial charge in [-0.2, -0.15) is 4.52 Å². The number of rotatable bonds is 3. The summed E-state index contributed by atoms with van der Waals surface area (Å²) in [4.78, 5) is 7.58. The number of halogens is 2. The van der Waals surface area contributed by atoms with E-state index in [1.165, 1.54) is 21.9 Å². The number of fused-ring (bicyclic) bond motifs is 1. The molecule has 1 aliphatic rings. The highest BCUT2D eigenvalue weighted by atomic mass is 32.1. The Kier molecular flexibility index (Phi) is 4.61. The molecular formula is C18H20F2N4O2S. The Morgan fingerprint density at radius 1 is 1.22 bits per heavy atom. The van der Waals surface area contributed by atoms with E-state index in [-0.39, 0.29) is 18.1 Å². The van der Waals surface area contributed by atoms with Crippen LogP contribution in [0.1, 0.15) is 36.2 Å². The minimum atomic E-state index is -0.915. The van der Waals surface area contributed by atoms with Gasteiger partial charge in [0.15, 0.2) is 11.6 Å². The predicted octanol–water partition coefficient (Wildman–Crippen LogP) is 3.28. The van der Waals surface area contributed by atoms with Crippen LogP contribution in [0.25, 0.3) is 4.96 Å². The summed E-state index contributed by atoms with van der Waals surface area (Å²) in [6, 6.07) is 3.39. The topological polar surface area (TPSA) is 62.9 Å². The molecule has 0 amide bonds. The number of nitrogens with zero attached hydrogens (tertiary/aromatic N) is 4. The van der Waals surface area contributed by atoms with Crippen LogP contribution in [-0.2, 0) is 4.74 Å². The Morgan fingerprint density at radius 2 is 1.93 bits per heavy atom. The molecule has 3 atom stereocenters. The molecule has 3 aromatic rings. The summed E-state index contributed by atoms with van der Waals surface area (Å²) in [5.74, 6) is -1.29. The van der Waals surface area contributed by atoms with Crippen molar-refractivity contribution in [3.63, 3.8) is 0 Å². The largest absolute Gasteiger partial charge is 0.492 e. The summed E-state index contributed by atoms with van der Waals surface area (Å²) in [6.45, 7) is 6.88. The van der Waals surface area contributed by atoms with E-state index < -0.39 is 17.7 Å². The first-order valence-electron chi connectivity index (χ1n) is 8.73. The Balaban J connectivity index is 1.85. The molecule has 1 N–H and O–H groups in total. The molecular weight excluding hydrogens is 374 g/mol. The van der Waals surface area contributed by atoms with Crippen molar-refractivity contribution in [2.24, 2.45) is 0 Å². The van der Waals surface area contributed by atoms with Gasteiger partial charge in [-0.1, -0.05) is 17.4 Å². The van der Waals surface area contributed by atoms with Gasteiger partial charge >= 0.3 is 0 Å². The van der Waals surface area contributed by atoms with Crippen molar-refractivity contribution in [1.29, 1.82) is 0 Å². The summed E-state index contributed by atoms with van der Waals surface area (Å²) in [5.41, 5.74) is 0.562. The smallest absolute Gasteiger partial charge is 0.230 e. The lowest BCUT2D eigenvalue weighted by Gasteiger charge is -2.40. The molecule has 6 nitrogen and oxygen atoms in total. The summed E-state index contributed by atoms with van der Waals surface area (Å²) in [7, 11) is 0. The first-order chi connectivity index (χ1) is 12.8. The van der Waals surface area contributed by atoms with Crippen molar-refractivity contribution in [1.82, 2.24) is 19.5 Å². The van der Waals surface area contributed by atoms with Gasteiger partial charge in [0.05, 0.1) is 23.1 Å². The molecule has 9 heteroatoms. The second-order valence-electron chi connectivity index (χ2n) is 6.93. The summed E-state index contributed by atoms with van der Waals surface area (Å²) < 4.78 is 34.7. The molecule has 0 aliphatic carbocycles. The molecule has 0 radical (unpaired) electrons. The van der Waals surface area contributed by atoms with Crippen molar-refractivity contribution >= 4 is 16.3 Å². The molecule has 1 aliphatic heterocycles. The third-order valence-electron chi connectivity index (χ3n) is 4.63. The summed E-state index contributed by atoms with van der Waals surface area (Å²) in [6.07, 6.45) is -0.0406. The third kappa shape index (κ3) is 3.30. The average Bonchev–Trinajstić information content (AvgIpc) is 3.08. The zero-order valence-corrected chi connectivity index (χ0v) is 16.0. The van der Waals surface area contributed by atoms with Crippen molar-refractivity contribution in [3.05, 3.63) is 46.1 Å². The maximum absolute atomic E-state index is 14.0. The number of thiazole rings is 1. The summed E-state index contributed by atoms with van der Waals surface area (Å²) >= 11 is 1.29. The van der Waals surface area contributed by atoms with Crippen molar-refractivity contribution < 1.29 is 18.6 Å². The first-order valence-corrected chi connectivity index (χ1v) is 9.54. The van der Waals surface area contributed by atoms with E-state index in [1.54, 1.807) is 13.0 Å². The lowest BCUT2D eigenvalue weighted by Crippen LogP contribution is -2.47. The highest BCUT2D eigenvalue weighted by Crippen LogP contribution is 2.41. The lowest BCUT2D eigenvalue weighted by molar-refractivity contribution is -0.0764. The van der Waals surface area contributed by atoms with E-state index in [2.05, 4.69) is 15.0 Å². The number of aromatic hydroxyl groups is 1. The van der Waals surface area contributed by atoms with Crippen LogP contribution in [0.4, 0.5) is 8.78 Å². The summed E-state index contributed by atoms with van der Waals surface area (Å²) in [5, 5.41) is 15.0. The molecule has 4 rings (SSSR count). The van der Waals surface area contributed by atoms with Crippen LogP contribution in [-0.4, -0.2) is 49.9 Å². The van der Waals surface area contributed by atoms with Crippen molar-refractivity contribution in [2.75, 3.05) is 13.1 Å². The van der Waals surface area contributed by atoms with Crippen LogP contribution in [0.5, 0.6) is 5.88 Å². The zero-order valence-electron chi connectivity index (χ0n) is 15.2. The Labute approximate surface area is 159 Å². The Bertz CT molecular complexity index is 979. The molecule has 0 unspecified atom stereocenters. The van der Waals surface area contributed by atoms with Crippen LogP contribution in [0, 0.1) is 18.6 Å². The lowest BCUT2D eigenvalue weighted by atomic mass is 10.0. The molecule has 3 heterocycles. The maximum atomic E-state index is 14.0. The first kappa shape index (κ1) is 18.3. The van der Waals surface area contributed by atoms with Gasteiger partial charge in [-0.15, -0.1) is 5.10 Å². The number of hydrogen-bond acceptors (Lipinski definition) is 6. The van der Waals surface area contributed by atoms with Crippen LogP contribution in [0.15, 0.2) is 18.2 Å². The van der Waals surface area contributed by atoms with E-state index >= 15 is 0 Å². The fraction of sp³-hybridized carbons (Fsp3) is 0.444. The molecule has 0 spiro atoms. The SMILES string of the molecule is Cc1nc2sc([C@H](c3ccc(F)c(F)c3)N3C[C@@H](C)O[C@H](C)C3)c(O)n2n1. The van der Waals surface area contributed by atoms with Crippen molar-refractivity contribution in [3.8, 4) is 5.88 Å². The second kappa shape index (κ2) is 6.81. The molecule has 144 valence electrons. The number of aryl methyl sites for hydroxylation is 1. The van der Waals surface area contributed by atoms with Gasteiger partial charge in [0, 0.05) is 13.1 Å². The van der Waals surface area contributed by atoms with Gasteiger partial charge < -0.3 is 9.84 Å². The third-order valence-corrected chi connectivity index (χ3v) is 5.70. The van der Waals surface area contributed by atoms with E-state index in [4.69, 9.17) is 4.74 Å². The number of morpholine rings is 1. The molecule has 1 aromatic carbocycles. The fourth-order valence-corrected chi connectivity index (χ4v) is 4.83. The van der Waals surface area contributed by atoms with E-state index in [9.17, 15) is 13.9 Å². The maximum Gasteiger partial charge on any atom is 0.230 e. The minimum absolute atomic E-state index is 0.0203. The number of aromatic nitrogens is 3. The van der Waals surface area contributed by atoms with Gasteiger partial charge in [-0.05, 0) is 38.5 Å². The highest BCUT2D eigenvalue weighted by Gasteiger charge is 2.34. The number of benzene rings is 1. The van der Waals surface area contributed by atoms with Crippen LogP contribution in [0.3, 0.4) is 0 Å². The van der Waals surface area contributed by atoms with Gasteiger partial charge in [0.25, 0.3) is 0 Å². The second-order valence-corrected chi connectivity index (χ2v) is 7.94. The van der Waals surface area contributed by atoms with E-state index in [0.29, 0.717) is 34.3 Å². The average molecular weight is 394 g/mol. The van der Waals surface area contributed by atoms with Crippen LogP contribution in [0.2, 0.25) is 0 Å².